The van der Waals surface area contributed by atoms with Crippen LogP contribution < -0.4 is 15.1 Å². The zero-order valence-electron chi connectivity index (χ0n) is 12.7. The minimum absolute atomic E-state index is 0.557. The highest BCUT2D eigenvalue weighted by Gasteiger charge is 2.23. The van der Waals surface area contributed by atoms with Gasteiger partial charge in [0.05, 0.1) is 11.4 Å². The molecule has 2 unspecified atom stereocenters. The topological polar surface area (TPSA) is 18.5 Å². The van der Waals surface area contributed by atoms with E-state index in [-0.39, 0.29) is 0 Å². The lowest BCUT2D eigenvalue weighted by atomic mass is 9.98. The first-order valence-electron chi connectivity index (χ1n) is 7.39. The molecule has 1 N–H and O–H groups in total. The van der Waals surface area contributed by atoms with Gasteiger partial charge >= 0.3 is 0 Å². The number of nitrogens with zero attached hydrogens (tertiary/aromatic N) is 2. The third-order valence-electron chi connectivity index (χ3n) is 4.46. The van der Waals surface area contributed by atoms with E-state index in [0.717, 1.165) is 19.6 Å². The van der Waals surface area contributed by atoms with E-state index in [1.165, 1.54) is 17.8 Å². The molecular weight excluding hydrogens is 234 g/mol. The van der Waals surface area contributed by atoms with Crippen LogP contribution in [0.2, 0.25) is 0 Å². The average molecular weight is 261 g/mol. The molecule has 2 rings (SSSR count). The van der Waals surface area contributed by atoms with E-state index in [1.807, 2.05) is 0 Å². The molecule has 106 valence electrons. The maximum absolute atomic E-state index is 3.49. The Morgan fingerprint density at radius 3 is 2.53 bits per heavy atom. The summed E-state index contributed by atoms with van der Waals surface area (Å²) in [6.45, 7) is 7.92. The highest BCUT2D eigenvalue weighted by molar-refractivity contribution is 5.73. The normalized spacial score (nSPS) is 18.1. The van der Waals surface area contributed by atoms with Gasteiger partial charge in [0.1, 0.15) is 0 Å². The summed E-state index contributed by atoms with van der Waals surface area (Å²) in [6, 6.07) is 9.29. The molecule has 1 aliphatic heterocycles. The SMILES string of the molecule is CCC(C)C(CN1CCN(C)c2ccccc21)NC. The van der Waals surface area contributed by atoms with Crippen molar-refractivity contribution in [3.05, 3.63) is 24.3 Å². The van der Waals surface area contributed by atoms with Crippen molar-refractivity contribution >= 4 is 11.4 Å². The van der Waals surface area contributed by atoms with Crippen molar-refractivity contribution in [2.24, 2.45) is 5.92 Å². The summed E-state index contributed by atoms with van der Waals surface area (Å²) in [5.41, 5.74) is 2.73. The summed E-state index contributed by atoms with van der Waals surface area (Å²) in [5.74, 6) is 0.705. The van der Waals surface area contributed by atoms with Gasteiger partial charge in [-0.3, -0.25) is 0 Å². The molecule has 0 aromatic heterocycles. The highest BCUT2D eigenvalue weighted by Crippen LogP contribution is 2.32. The Morgan fingerprint density at radius 2 is 1.89 bits per heavy atom. The summed E-state index contributed by atoms with van der Waals surface area (Å²) in [4.78, 5) is 4.88. The second kappa shape index (κ2) is 6.29. The summed E-state index contributed by atoms with van der Waals surface area (Å²) < 4.78 is 0. The second-order valence-corrected chi connectivity index (χ2v) is 5.64. The lowest BCUT2D eigenvalue weighted by Crippen LogP contribution is -2.48. The van der Waals surface area contributed by atoms with Gasteiger partial charge < -0.3 is 15.1 Å². The van der Waals surface area contributed by atoms with Crippen LogP contribution in [0, 0.1) is 5.92 Å². The van der Waals surface area contributed by atoms with Gasteiger partial charge in [-0.05, 0) is 25.1 Å². The van der Waals surface area contributed by atoms with Crippen LogP contribution in [-0.4, -0.2) is 39.8 Å². The maximum Gasteiger partial charge on any atom is 0.0605 e. The van der Waals surface area contributed by atoms with Gasteiger partial charge in [0.15, 0.2) is 0 Å². The third kappa shape index (κ3) is 3.03. The van der Waals surface area contributed by atoms with Crippen LogP contribution in [0.1, 0.15) is 20.3 Å². The first kappa shape index (κ1) is 14.2. The number of hydrogen-bond acceptors (Lipinski definition) is 3. The molecule has 1 aromatic rings. The predicted octanol–water partition coefficient (Wildman–Crippen LogP) is 2.58. The fourth-order valence-electron chi connectivity index (χ4n) is 2.83. The minimum atomic E-state index is 0.557. The molecule has 0 spiro atoms. The number of nitrogens with one attached hydrogen (secondary N) is 1. The summed E-state index contributed by atoms with van der Waals surface area (Å²) in [5, 5.41) is 3.49. The molecule has 0 fully saturated rings. The Bertz CT molecular complexity index is 405. The monoisotopic (exact) mass is 261 g/mol. The van der Waals surface area contributed by atoms with Gasteiger partial charge in [0.2, 0.25) is 0 Å². The number of fused-ring (bicyclic) bond motifs is 1. The number of rotatable bonds is 5. The summed E-state index contributed by atoms with van der Waals surface area (Å²) >= 11 is 0. The molecule has 0 bridgehead atoms. The quantitative estimate of drug-likeness (QED) is 0.879. The Balaban J connectivity index is 2.16. The van der Waals surface area contributed by atoms with Crippen LogP contribution in [-0.2, 0) is 0 Å². The van der Waals surface area contributed by atoms with Crippen molar-refractivity contribution in [1.29, 1.82) is 0 Å². The standard InChI is InChI=1S/C16H27N3/c1-5-13(2)14(17-3)12-19-11-10-18(4)15-8-6-7-9-16(15)19/h6-9,13-14,17H,5,10-12H2,1-4H3. The van der Waals surface area contributed by atoms with Crippen molar-refractivity contribution in [2.45, 2.75) is 26.3 Å². The van der Waals surface area contributed by atoms with Gasteiger partial charge in [-0.15, -0.1) is 0 Å². The third-order valence-corrected chi connectivity index (χ3v) is 4.46. The fourth-order valence-corrected chi connectivity index (χ4v) is 2.83. The molecule has 3 nitrogen and oxygen atoms in total. The van der Waals surface area contributed by atoms with E-state index in [9.17, 15) is 0 Å². The van der Waals surface area contributed by atoms with Crippen LogP contribution in [0.5, 0.6) is 0 Å². The van der Waals surface area contributed by atoms with E-state index in [2.05, 4.69) is 67.3 Å². The number of benzene rings is 1. The van der Waals surface area contributed by atoms with E-state index in [1.54, 1.807) is 0 Å². The summed E-state index contributed by atoms with van der Waals surface area (Å²) in [7, 11) is 4.26. The van der Waals surface area contributed by atoms with Gasteiger partial charge in [0.25, 0.3) is 0 Å². The smallest absolute Gasteiger partial charge is 0.0605 e. The molecule has 0 aliphatic carbocycles. The Kier molecular flexibility index (Phi) is 4.70. The number of para-hydroxylation sites is 2. The van der Waals surface area contributed by atoms with E-state index >= 15 is 0 Å². The first-order valence-corrected chi connectivity index (χ1v) is 7.39. The molecule has 19 heavy (non-hydrogen) atoms. The molecular formula is C16H27N3. The highest BCUT2D eigenvalue weighted by atomic mass is 15.3. The van der Waals surface area contributed by atoms with E-state index < -0.39 is 0 Å². The second-order valence-electron chi connectivity index (χ2n) is 5.64. The molecule has 0 saturated carbocycles. The first-order chi connectivity index (χ1) is 9.17. The maximum atomic E-state index is 3.49. The molecule has 1 heterocycles. The number of hydrogen-bond donors (Lipinski definition) is 1. The van der Waals surface area contributed by atoms with Crippen molar-refractivity contribution in [1.82, 2.24) is 5.32 Å². The molecule has 0 radical (unpaired) electrons. The zero-order chi connectivity index (χ0) is 13.8. The molecule has 0 saturated heterocycles. The minimum Gasteiger partial charge on any atom is -0.371 e. The van der Waals surface area contributed by atoms with Crippen molar-refractivity contribution in [3.8, 4) is 0 Å². The van der Waals surface area contributed by atoms with E-state index in [4.69, 9.17) is 0 Å². The van der Waals surface area contributed by atoms with Gasteiger partial charge in [-0.1, -0.05) is 32.4 Å². The Hall–Kier alpha value is -1.22. The van der Waals surface area contributed by atoms with E-state index in [0.29, 0.717) is 12.0 Å². The number of anilines is 2. The fraction of sp³-hybridized carbons (Fsp3) is 0.625. The molecule has 2 atom stereocenters. The molecule has 0 amide bonds. The van der Waals surface area contributed by atoms with Crippen molar-refractivity contribution in [3.63, 3.8) is 0 Å². The lowest BCUT2D eigenvalue weighted by Gasteiger charge is -2.39. The zero-order valence-corrected chi connectivity index (χ0v) is 12.7. The van der Waals surface area contributed by atoms with Gasteiger partial charge in [-0.25, -0.2) is 0 Å². The van der Waals surface area contributed by atoms with Crippen LogP contribution in [0.25, 0.3) is 0 Å². The van der Waals surface area contributed by atoms with Gasteiger partial charge in [-0.2, -0.15) is 0 Å². The lowest BCUT2D eigenvalue weighted by molar-refractivity contribution is 0.386. The molecule has 3 heteroatoms. The van der Waals surface area contributed by atoms with Crippen molar-refractivity contribution < 1.29 is 0 Å². The van der Waals surface area contributed by atoms with Crippen LogP contribution in [0.15, 0.2) is 24.3 Å². The van der Waals surface area contributed by atoms with Crippen molar-refractivity contribution in [2.75, 3.05) is 43.5 Å². The van der Waals surface area contributed by atoms with Gasteiger partial charge in [0, 0.05) is 32.7 Å². The summed E-state index contributed by atoms with van der Waals surface area (Å²) in [6.07, 6.45) is 1.22. The van der Waals surface area contributed by atoms with Crippen LogP contribution in [0.4, 0.5) is 11.4 Å². The largest absolute Gasteiger partial charge is 0.371 e. The Labute approximate surface area is 117 Å². The predicted molar refractivity (Wildman–Crippen MR) is 84.2 cm³/mol. The Morgan fingerprint density at radius 1 is 1.21 bits per heavy atom. The molecule has 1 aromatic carbocycles. The average Bonchev–Trinajstić information content (AvgIpc) is 2.46. The van der Waals surface area contributed by atoms with Crippen LogP contribution >= 0.6 is 0 Å². The number of likely N-dealkylation sites (N-methyl/N-ethyl adjacent to an activating group) is 2. The molecule has 1 aliphatic rings. The van der Waals surface area contributed by atoms with Crippen LogP contribution in [0.3, 0.4) is 0 Å².